The van der Waals surface area contributed by atoms with E-state index in [0.717, 1.165) is 12.5 Å². The standard InChI is InChI=1S/C13H19NS/c1-14-9-5-4-6-11-10-15-13-8-3-2-7-12(11)13/h2-3,7-8,11,14H,4-6,9-10H2,1H3. The van der Waals surface area contributed by atoms with Crippen molar-refractivity contribution in [3.63, 3.8) is 0 Å². The molecule has 0 aromatic heterocycles. The Balaban J connectivity index is 1.85. The predicted molar refractivity (Wildman–Crippen MR) is 67.7 cm³/mol. The first-order chi connectivity index (χ1) is 7.42. The molecule has 1 unspecified atom stereocenters. The van der Waals surface area contributed by atoms with Crippen LogP contribution in [0.2, 0.25) is 0 Å². The summed E-state index contributed by atoms with van der Waals surface area (Å²) in [7, 11) is 2.03. The molecule has 1 aliphatic rings. The van der Waals surface area contributed by atoms with E-state index in [9.17, 15) is 0 Å². The zero-order valence-corrected chi connectivity index (χ0v) is 10.1. The van der Waals surface area contributed by atoms with Gasteiger partial charge in [0.25, 0.3) is 0 Å². The molecule has 2 rings (SSSR count). The molecule has 2 heteroatoms. The number of rotatable bonds is 5. The van der Waals surface area contributed by atoms with Gasteiger partial charge < -0.3 is 5.32 Å². The highest BCUT2D eigenvalue weighted by atomic mass is 32.2. The fraction of sp³-hybridized carbons (Fsp3) is 0.538. The average molecular weight is 221 g/mol. The molecule has 1 heterocycles. The average Bonchev–Trinajstić information content (AvgIpc) is 2.68. The molecule has 0 saturated carbocycles. The summed E-state index contributed by atoms with van der Waals surface area (Å²) in [4.78, 5) is 1.51. The van der Waals surface area contributed by atoms with E-state index in [-0.39, 0.29) is 0 Å². The second-order valence-electron chi connectivity index (χ2n) is 4.15. The van der Waals surface area contributed by atoms with Gasteiger partial charge in [-0.15, -0.1) is 11.8 Å². The Kier molecular flexibility index (Phi) is 4.09. The van der Waals surface area contributed by atoms with Gasteiger partial charge in [-0.1, -0.05) is 24.6 Å². The lowest BCUT2D eigenvalue weighted by atomic mass is 9.96. The minimum Gasteiger partial charge on any atom is -0.320 e. The van der Waals surface area contributed by atoms with E-state index in [0.29, 0.717) is 0 Å². The van der Waals surface area contributed by atoms with Gasteiger partial charge in [0.2, 0.25) is 0 Å². The van der Waals surface area contributed by atoms with Crippen LogP contribution in [0.25, 0.3) is 0 Å². The maximum absolute atomic E-state index is 3.21. The van der Waals surface area contributed by atoms with Crippen LogP contribution in [0.3, 0.4) is 0 Å². The van der Waals surface area contributed by atoms with Gasteiger partial charge >= 0.3 is 0 Å². The van der Waals surface area contributed by atoms with Crippen molar-refractivity contribution in [2.24, 2.45) is 0 Å². The van der Waals surface area contributed by atoms with Gasteiger partial charge in [0.15, 0.2) is 0 Å². The van der Waals surface area contributed by atoms with E-state index in [1.54, 1.807) is 5.56 Å². The second-order valence-corrected chi connectivity index (χ2v) is 5.21. The first-order valence-electron chi connectivity index (χ1n) is 5.78. The Bertz CT molecular complexity index is 311. The number of hydrogen-bond donors (Lipinski definition) is 1. The molecule has 0 spiro atoms. The third-order valence-corrected chi connectivity index (χ3v) is 4.28. The first kappa shape index (κ1) is 11.0. The van der Waals surface area contributed by atoms with Crippen LogP contribution in [0.4, 0.5) is 0 Å². The quantitative estimate of drug-likeness (QED) is 0.766. The normalized spacial score (nSPS) is 19.1. The zero-order chi connectivity index (χ0) is 10.5. The molecule has 0 saturated heterocycles. The maximum atomic E-state index is 3.21. The Morgan fingerprint density at radius 2 is 2.20 bits per heavy atom. The largest absolute Gasteiger partial charge is 0.320 e. The van der Waals surface area contributed by atoms with Crippen LogP contribution in [0.15, 0.2) is 29.2 Å². The number of unbranched alkanes of at least 4 members (excludes halogenated alkanes) is 1. The van der Waals surface area contributed by atoms with Gasteiger partial charge in [0, 0.05) is 10.6 Å². The third-order valence-electron chi connectivity index (χ3n) is 3.03. The van der Waals surface area contributed by atoms with Gasteiger partial charge in [-0.2, -0.15) is 0 Å². The van der Waals surface area contributed by atoms with Crippen LogP contribution in [0.5, 0.6) is 0 Å². The molecule has 1 aromatic carbocycles. The van der Waals surface area contributed by atoms with Crippen LogP contribution < -0.4 is 5.32 Å². The molecule has 1 aliphatic heterocycles. The summed E-state index contributed by atoms with van der Waals surface area (Å²) >= 11 is 2.02. The smallest absolute Gasteiger partial charge is 0.0107 e. The van der Waals surface area contributed by atoms with Crippen LogP contribution in [0.1, 0.15) is 30.7 Å². The van der Waals surface area contributed by atoms with E-state index < -0.39 is 0 Å². The molecule has 0 fully saturated rings. The summed E-state index contributed by atoms with van der Waals surface area (Å²) in [5.74, 6) is 2.10. The van der Waals surface area contributed by atoms with Gasteiger partial charge in [-0.25, -0.2) is 0 Å². The van der Waals surface area contributed by atoms with Crippen LogP contribution in [-0.2, 0) is 0 Å². The van der Waals surface area contributed by atoms with Gasteiger partial charge in [0.1, 0.15) is 0 Å². The van der Waals surface area contributed by atoms with Gasteiger partial charge in [-0.3, -0.25) is 0 Å². The number of thioether (sulfide) groups is 1. The summed E-state index contributed by atoms with van der Waals surface area (Å²) in [5.41, 5.74) is 1.59. The van der Waals surface area contributed by atoms with Crippen molar-refractivity contribution in [2.45, 2.75) is 30.1 Å². The minimum absolute atomic E-state index is 0.808. The molecule has 1 aromatic rings. The second kappa shape index (κ2) is 5.57. The fourth-order valence-electron chi connectivity index (χ4n) is 2.16. The molecule has 0 aliphatic carbocycles. The zero-order valence-electron chi connectivity index (χ0n) is 9.33. The van der Waals surface area contributed by atoms with Crippen LogP contribution >= 0.6 is 11.8 Å². The van der Waals surface area contributed by atoms with Crippen molar-refractivity contribution < 1.29 is 0 Å². The summed E-state index contributed by atoms with van der Waals surface area (Å²) < 4.78 is 0. The fourth-order valence-corrected chi connectivity index (χ4v) is 3.46. The highest BCUT2D eigenvalue weighted by Crippen LogP contribution is 2.41. The van der Waals surface area contributed by atoms with Crippen molar-refractivity contribution in [2.75, 3.05) is 19.3 Å². The summed E-state index contributed by atoms with van der Waals surface area (Å²) in [6, 6.07) is 8.88. The van der Waals surface area contributed by atoms with Gasteiger partial charge in [-0.05, 0) is 44.0 Å². The maximum Gasteiger partial charge on any atom is 0.0107 e. The van der Waals surface area contributed by atoms with Gasteiger partial charge in [0.05, 0.1) is 0 Å². The lowest BCUT2D eigenvalue weighted by molar-refractivity contribution is 0.593. The molecular formula is C13H19NS. The van der Waals surface area contributed by atoms with Crippen molar-refractivity contribution in [3.05, 3.63) is 29.8 Å². The van der Waals surface area contributed by atoms with Crippen LogP contribution in [-0.4, -0.2) is 19.3 Å². The van der Waals surface area contributed by atoms with Crippen LogP contribution in [0, 0.1) is 0 Å². The minimum atomic E-state index is 0.808. The van der Waals surface area contributed by atoms with E-state index in [4.69, 9.17) is 0 Å². The Labute approximate surface area is 96.7 Å². The summed E-state index contributed by atoms with van der Waals surface area (Å²) in [5, 5.41) is 3.21. The van der Waals surface area contributed by atoms with Crippen molar-refractivity contribution in [1.82, 2.24) is 5.32 Å². The molecule has 1 nitrogen and oxygen atoms in total. The molecule has 1 atom stereocenters. The topological polar surface area (TPSA) is 12.0 Å². The van der Waals surface area contributed by atoms with E-state index in [1.807, 2.05) is 18.8 Å². The Morgan fingerprint density at radius 1 is 1.33 bits per heavy atom. The van der Waals surface area contributed by atoms with Crippen molar-refractivity contribution >= 4 is 11.8 Å². The first-order valence-corrected chi connectivity index (χ1v) is 6.76. The van der Waals surface area contributed by atoms with E-state index >= 15 is 0 Å². The molecule has 0 amide bonds. The Hall–Kier alpha value is -0.470. The predicted octanol–water partition coefficient (Wildman–Crippen LogP) is 3.27. The Morgan fingerprint density at radius 3 is 3.07 bits per heavy atom. The lowest BCUT2D eigenvalue weighted by Crippen LogP contribution is -2.08. The summed E-state index contributed by atoms with van der Waals surface area (Å²) in [6.07, 6.45) is 4.01. The lowest BCUT2D eigenvalue weighted by Gasteiger charge is -2.09. The highest BCUT2D eigenvalue weighted by molar-refractivity contribution is 7.99. The molecule has 1 N–H and O–H groups in total. The number of nitrogens with one attached hydrogen (secondary N) is 1. The third kappa shape index (κ3) is 2.76. The summed E-state index contributed by atoms with van der Waals surface area (Å²) in [6.45, 7) is 1.15. The number of hydrogen-bond acceptors (Lipinski definition) is 2. The number of fused-ring (bicyclic) bond motifs is 1. The monoisotopic (exact) mass is 221 g/mol. The van der Waals surface area contributed by atoms with E-state index in [2.05, 4.69) is 29.6 Å². The van der Waals surface area contributed by atoms with Crippen molar-refractivity contribution in [3.8, 4) is 0 Å². The SMILES string of the molecule is CNCCCCC1CSc2ccccc21. The highest BCUT2D eigenvalue weighted by Gasteiger charge is 2.21. The molecule has 0 bridgehead atoms. The number of benzene rings is 1. The molecular weight excluding hydrogens is 202 g/mol. The molecule has 15 heavy (non-hydrogen) atoms. The molecule has 0 radical (unpaired) electrons. The molecule has 82 valence electrons. The van der Waals surface area contributed by atoms with Crippen molar-refractivity contribution in [1.29, 1.82) is 0 Å². The van der Waals surface area contributed by atoms with E-state index in [1.165, 1.54) is 29.9 Å².